The molecule has 1 aliphatic rings. The van der Waals surface area contributed by atoms with Crippen LogP contribution < -0.4 is 5.73 Å². The van der Waals surface area contributed by atoms with Gasteiger partial charge in [0.15, 0.2) is 0 Å². The van der Waals surface area contributed by atoms with Crippen LogP contribution in [-0.2, 0) is 4.79 Å². The van der Waals surface area contributed by atoms with Crippen LogP contribution in [-0.4, -0.2) is 28.4 Å². The Morgan fingerprint density at radius 2 is 2.50 bits per heavy atom. The van der Waals surface area contributed by atoms with Crippen molar-refractivity contribution in [2.75, 3.05) is 6.54 Å². The lowest BCUT2D eigenvalue weighted by Gasteiger charge is -2.27. The van der Waals surface area contributed by atoms with Crippen LogP contribution in [0.5, 0.6) is 0 Å². The van der Waals surface area contributed by atoms with E-state index in [4.69, 9.17) is 5.73 Å². The van der Waals surface area contributed by atoms with Gasteiger partial charge in [0, 0.05) is 18.9 Å². The fourth-order valence-electron chi connectivity index (χ4n) is 2.60. The van der Waals surface area contributed by atoms with Crippen molar-refractivity contribution in [1.82, 2.24) is 9.88 Å². The molecule has 18 heavy (non-hydrogen) atoms. The minimum atomic E-state index is -0.354. The first kappa shape index (κ1) is 13.0. The topological polar surface area (TPSA) is 59.2 Å². The third-order valence-corrected chi connectivity index (χ3v) is 3.52. The van der Waals surface area contributed by atoms with Crippen LogP contribution in [0.3, 0.4) is 0 Å². The fourth-order valence-corrected chi connectivity index (χ4v) is 2.60. The summed E-state index contributed by atoms with van der Waals surface area (Å²) in [5, 5.41) is 0. The molecule has 1 saturated heterocycles. The number of likely N-dealkylation sites (tertiary alicyclic amines) is 1. The van der Waals surface area contributed by atoms with Gasteiger partial charge in [-0.1, -0.05) is 19.4 Å². The third-order valence-electron chi connectivity index (χ3n) is 3.52. The number of rotatable bonds is 4. The maximum absolute atomic E-state index is 12.3. The van der Waals surface area contributed by atoms with E-state index in [0.717, 1.165) is 37.8 Å². The van der Waals surface area contributed by atoms with Crippen molar-refractivity contribution >= 4 is 5.91 Å². The Balaban J connectivity index is 2.10. The molecule has 1 aromatic heterocycles. The highest BCUT2D eigenvalue weighted by Gasteiger charge is 2.32. The Bertz CT molecular complexity index is 393. The molecule has 2 N–H and O–H groups in total. The molecule has 0 aliphatic carbocycles. The van der Waals surface area contributed by atoms with Crippen LogP contribution in [0.2, 0.25) is 0 Å². The van der Waals surface area contributed by atoms with Crippen molar-refractivity contribution in [2.45, 2.75) is 44.7 Å². The van der Waals surface area contributed by atoms with E-state index in [1.165, 1.54) is 0 Å². The molecule has 4 nitrogen and oxygen atoms in total. The summed E-state index contributed by atoms with van der Waals surface area (Å²) in [6.07, 6.45) is 7.36. The second-order valence-corrected chi connectivity index (χ2v) is 4.87. The quantitative estimate of drug-likeness (QED) is 0.883. The number of amides is 1. The van der Waals surface area contributed by atoms with E-state index in [0.29, 0.717) is 0 Å². The van der Waals surface area contributed by atoms with Gasteiger partial charge in [0.1, 0.15) is 0 Å². The summed E-state index contributed by atoms with van der Waals surface area (Å²) in [7, 11) is 0. The summed E-state index contributed by atoms with van der Waals surface area (Å²) >= 11 is 0. The number of nitrogens with zero attached hydrogens (tertiary/aromatic N) is 2. The highest BCUT2D eigenvalue weighted by molar-refractivity contribution is 5.82. The lowest BCUT2D eigenvalue weighted by molar-refractivity contribution is -0.133. The van der Waals surface area contributed by atoms with Crippen LogP contribution in [0.25, 0.3) is 0 Å². The molecule has 0 spiro atoms. The fraction of sp³-hybridized carbons (Fsp3) is 0.571. The van der Waals surface area contributed by atoms with Gasteiger partial charge in [-0.3, -0.25) is 9.78 Å². The molecule has 1 aromatic rings. The average molecular weight is 247 g/mol. The van der Waals surface area contributed by atoms with Gasteiger partial charge in [-0.25, -0.2) is 0 Å². The summed E-state index contributed by atoms with van der Waals surface area (Å²) < 4.78 is 0. The van der Waals surface area contributed by atoms with Crippen LogP contribution in [0.15, 0.2) is 24.5 Å². The van der Waals surface area contributed by atoms with E-state index in [1.807, 2.05) is 23.2 Å². The van der Waals surface area contributed by atoms with Gasteiger partial charge in [-0.2, -0.15) is 0 Å². The number of hydrogen-bond donors (Lipinski definition) is 1. The number of hydrogen-bond acceptors (Lipinski definition) is 3. The summed E-state index contributed by atoms with van der Waals surface area (Å²) in [5.41, 5.74) is 7.06. The number of aromatic nitrogens is 1. The molecule has 0 aromatic carbocycles. The molecule has 2 rings (SSSR count). The van der Waals surface area contributed by atoms with E-state index in [9.17, 15) is 4.79 Å². The van der Waals surface area contributed by atoms with Crippen molar-refractivity contribution in [3.8, 4) is 0 Å². The van der Waals surface area contributed by atoms with Gasteiger partial charge in [-0.05, 0) is 30.9 Å². The van der Waals surface area contributed by atoms with Crippen molar-refractivity contribution in [1.29, 1.82) is 0 Å². The van der Waals surface area contributed by atoms with Gasteiger partial charge in [-0.15, -0.1) is 0 Å². The number of carbonyl (C=O) groups excluding carboxylic acids is 1. The lowest BCUT2D eigenvalue weighted by atomic mass is 10.1. The molecule has 2 heterocycles. The van der Waals surface area contributed by atoms with Crippen molar-refractivity contribution in [3.05, 3.63) is 30.1 Å². The second-order valence-electron chi connectivity index (χ2n) is 4.87. The molecule has 2 unspecified atom stereocenters. The minimum absolute atomic E-state index is 0.0863. The summed E-state index contributed by atoms with van der Waals surface area (Å²) in [6, 6.07) is 3.76. The zero-order chi connectivity index (χ0) is 13.0. The molecular weight excluding hydrogens is 226 g/mol. The number of pyridine rings is 1. The Labute approximate surface area is 108 Å². The molecule has 0 saturated carbocycles. The third kappa shape index (κ3) is 2.70. The highest BCUT2D eigenvalue weighted by atomic mass is 16.2. The van der Waals surface area contributed by atoms with E-state index in [2.05, 4.69) is 11.9 Å². The average Bonchev–Trinajstić information content (AvgIpc) is 2.88. The first-order valence-corrected chi connectivity index (χ1v) is 6.70. The van der Waals surface area contributed by atoms with E-state index in [1.54, 1.807) is 6.20 Å². The van der Waals surface area contributed by atoms with Crippen LogP contribution in [0, 0.1) is 0 Å². The molecule has 4 heteroatoms. The molecule has 1 aliphatic heterocycles. The smallest absolute Gasteiger partial charge is 0.239 e. The van der Waals surface area contributed by atoms with Crippen molar-refractivity contribution in [2.24, 2.45) is 5.73 Å². The predicted octanol–water partition coefficient (Wildman–Crippen LogP) is 1.87. The Morgan fingerprint density at radius 1 is 1.67 bits per heavy atom. The zero-order valence-electron chi connectivity index (χ0n) is 10.9. The number of nitrogens with two attached hydrogens (primary N) is 1. The van der Waals surface area contributed by atoms with Gasteiger partial charge < -0.3 is 10.6 Å². The van der Waals surface area contributed by atoms with Gasteiger partial charge in [0.25, 0.3) is 0 Å². The minimum Gasteiger partial charge on any atom is -0.334 e. The Kier molecular flexibility index (Phi) is 4.31. The predicted molar refractivity (Wildman–Crippen MR) is 70.8 cm³/mol. The van der Waals surface area contributed by atoms with Gasteiger partial charge >= 0.3 is 0 Å². The van der Waals surface area contributed by atoms with E-state index < -0.39 is 0 Å². The van der Waals surface area contributed by atoms with Crippen molar-refractivity contribution < 1.29 is 4.79 Å². The van der Waals surface area contributed by atoms with Crippen LogP contribution in [0.4, 0.5) is 0 Å². The second kappa shape index (κ2) is 5.96. The van der Waals surface area contributed by atoms with Crippen LogP contribution in [0.1, 0.15) is 44.2 Å². The molecule has 1 fully saturated rings. The van der Waals surface area contributed by atoms with Gasteiger partial charge in [0.2, 0.25) is 5.91 Å². The molecule has 0 bridgehead atoms. The first-order valence-electron chi connectivity index (χ1n) is 6.70. The van der Waals surface area contributed by atoms with Crippen LogP contribution >= 0.6 is 0 Å². The zero-order valence-corrected chi connectivity index (χ0v) is 10.9. The van der Waals surface area contributed by atoms with Crippen molar-refractivity contribution in [3.63, 3.8) is 0 Å². The van der Waals surface area contributed by atoms with E-state index in [-0.39, 0.29) is 18.0 Å². The summed E-state index contributed by atoms with van der Waals surface area (Å²) in [5.74, 6) is 0.0863. The SMILES string of the molecule is CCCC(N)C(=O)N1CCCC1c1cccnc1. The molecule has 98 valence electrons. The molecule has 2 atom stereocenters. The Hall–Kier alpha value is -1.42. The number of carbonyl (C=O) groups is 1. The molecule has 1 amide bonds. The lowest BCUT2D eigenvalue weighted by Crippen LogP contribution is -2.43. The maximum atomic E-state index is 12.3. The normalized spacial score (nSPS) is 21.0. The summed E-state index contributed by atoms with van der Waals surface area (Å²) in [4.78, 5) is 18.4. The van der Waals surface area contributed by atoms with Gasteiger partial charge in [0.05, 0.1) is 12.1 Å². The monoisotopic (exact) mass is 247 g/mol. The van der Waals surface area contributed by atoms with E-state index >= 15 is 0 Å². The molecular formula is C14H21N3O. The summed E-state index contributed by atoms with van der Waals surface area (Å²) in [6.45, 7) is 2.87. The first-order chi connectivity index (χ1) is 8.74. The standard InChI is InChI=1S/C14H21N3O/c1-2-5-12(15)14(18)17-9-4-7-13(17)11-6-3-8-16-10-11/h3,6,8,10,12-13H,2,4-5,7,9,15H2,1H3. The Morgan fingerprint density at radius 3 is 3.17 bits per heavy atom. The maximum Gasteiger partial charge on any atom is 0.239 e. The highest BCUT2D eigenvalue weighted by Crippen LogP contribution is 2.31. The largest absolute Gasteiger partial charge is 0.334 e. The molecule has 0 radical (unpaired) electrons.